The monoisotopic (exact) mass is 210 g/mol. The lowest BCUT2D eigenvalue weighted by molar-refractivity contribution is 0.301. The van der Waals surface area contributed by atoms with Gasteiger partial charge in [-0.15, -0.1) is 0 Å². The van der Waals surface area contributed by atoms with Crippen LogP contribution in [-0.2, 0) is 0 Å². The SMILES string of the molecule is CC1CCC(C2CCCC2)CC([SiH3])C1. The summed E-state index contributed by atoms with van der Waals surface area (Å²) in [5.41, 5.74) is 1.14. The predicted molar refractivity (Wildman–Crippen MR) is 66.8 cm³/mol. The first kappa shape index (κ1) is 10.7. The molecule has 0 saturated heterocycles. The van der Waals surface area contributed by atoms with Crippen LogP contribution in [0.5, 0.6) is 0 Å². The van der Waals surface area contributed by atoms with E-state index in [0.29, 0.717) is 0 Å². The fourth-order valence-electron chi connectivity index (χ4n) is 3.89. The largest absolute Gasteiger partial charge is 0.0625 e. The van der Waals surface area contributed by atoms with Gasteiger partial charge in [0, 0.05) is 10.2 Å². The molecule has 2 aliphatic carbocycles. The van der Waals surface area contributed by atoms with Crippen LogP contribution in [0.15, 0.2) is 0 Å². The van der Waals surface area contributed by atoms with Crippen LogP contribution in [0.1, 0.15) is 58.3 Å². The van der Waals surface area contributed by atoms with Crippen LogP contribution in [0, 0.1) is 17.8 Å². The summed E-state index contributed by atoms with van der Waals surface area (Å²) in [5, 5.41) is 0. The van der Waals surface area contributed by atoms with Gasteiger partial charge in [0.25, 0.3) is 0 Å². The Labute approximate surface area is 92.3 Å². The molecule has 0 aromatic rings. The molecule has 14 heavy (non-hydrogen) atoms. The van der Waals surface area contributed by atoms with Gasteiger partial charge in [-0.05, 0) is 24.2 Å². The van der Waals surface area contributed by atoms with Crippen molar-refractivity contribution in [1.29, 1.82) is 0 Å². The highest BCUT2D eigenvalue weighted by Crippen LogP contribution is 2.42. The van der Waals surface area contributed by atoms with Crippen molar-refractivity contribution in [3.63, 3.8) is 0 Å². The van der Waals surface area contributed by atoms with Crippen molar-refractivity contribution in [1.82, 2.24) is 0 Å². The van der Waals surface area contributed by atoms with Crippen molar-refractivity contribution in [3.05, 3.63) is 0 Å². The molecule has 0 N–H and O–H groups in total. The molecule has 0 aromatic carbocycles. The highest BCUT2D eigenvalue weighted by atomic mass is 28.1. The molecule has 2 saturated carbocycles. The quantitative estimate of drug-likeness (QED) is 0.461. The molecular formula is C13H26Si. The Morgan fingerprint density at radius 3 is 2.29 bits per heavy atom. The number of hydrogen-bond acceptors (Lipinski definition) is 0. The van der Waals surface area contributed by atoms with E-state index in [0.717, 1.165) is 23.3 Å². The summed E-state index contributed by atoms with van der Waals surface area (Å²) in [6.07, 6.45) is 12.4. The lowest BCUT2D eigenvalue weighted by Gasteiger charge is -2.23. The fourth-order valence-corrected chi connectivity index (χ4v) is 5.30. The molecule has 3 unspecified atom stereocenters. The van der Waals surface area contributed by atoms with E-state index in [9.17, 15) is 0 Å². The van der Waals surface area contributed by atoms with Gasteiger partial charge in [-0.3, -0.25) is 0 Å². The van der Waals surface area contributed by atoms with Gasteiger partial charge in [0.2, 0.25) is 0 Å². The van der Waals surface area contributed by atoms with Crippen molar-refractivity contribution in [2.24, 2.45) is 17.8 Å². The molecule has 0 aromatic heterocycles. The van der Waals surface area contributed by atoms with E-state index in [4.69, 9.17) is 0 Å². The van der Waals surface area contributed by atoms with Crippen LogP contribution in [0.25, 0.3) is 0 Å². The summed E-state index contributed by atoms with van der Waals surface area (Å²) in [5.74, 6) is 3.30. The van der Waals surface area contributed by atoms with Crippen LogP contribution >= 0.6 is 0 Å². The van der Waals surface area contributed by atoms with Crippen molar-refractivity contribution in [2.75, 3.05) is 0 Å². The van der Waals surface area contributed by atoms with Crippen molar-refractivity contribution >= 4 is 10.2 Å². The van der Waals surface area contributed by atoms with Gasteiger partial charge in [0.05, 0.1) is 0 Å². The van der Waals surface area contributed by atoms with E-state index < -0.39 is 0 Å². The topological polar surface area (TPSA) is 0 Å². The Kier molecular flexibility index (Phi) is 3.70. The van der Waals surface area contributed by atoms with E-state index in [1.54, 1.807) is 32.1 Å². The van der Waals surface area contributed by atoms with E-state index >= 15 is 0 Å². The molecule has 0 aliphatic heterocycles. The number of rotatable bonds is 1. The molecule has 1 heteroatoms. The normalized spacial score (nSPS) is 41.4. The van der Waals surface area contributed by atoms with Gasteiger partial charge in [0.15, 0.2) is 0 Å². The van der Waals surface area contributed by atoms with Crippen LogP contribution in [0.4, 0.5) is 0 Å². The first-order valence-electron chi connectivity index (χ1n) is 6.75. The summed E-state index contributed by atoms with van der Waals surface area (Å²) >= 11 is 0. The molecule has 0 heterocycles. The lowest BCUT2D eigenvalue weighted by Crippen LogP contribution is -2.12. The second-order valence-corrected chi connectivity index (χ2v) is 7.70. The molecule has 0 radical (unpaired) electrons. The molecule has 0 nitrogen and oxygen atoms in total. The maximum Gasteiger partial charge on any atom is 0.00675 e. The number of hydrogen-bond donors (Lipinski definition) is 0. The van der Waals surface area contributed by atoms with Crippen molar-refractivity contribution < 1.29 is 0 Å². The van der Waals surface area contributed by atoms with Crippen LogP contribution in [0.2, 0.25) is 5.54 Å². The highest BCUT2D eigenvalue weighted by Gasteiger charge is 2.28. The Hall–Kier alpha value is 0.217. The zero-order chi connectivity index (χ0) is 9.97. The maximum absolute atomic E-state index is 2.47. The molecule has 0 bridgehead atoms. The van der Waals surface area contributed by atoms with E-state index in [2.05, 4.69) is 6.92 Å². The van der Waals surface area contributed by atoms with Crippen molar-refractivity contribution in [2.45, 2.75) is 63.8 Å². The van der Waals surface area contributed by atoms with Crippen LogP contribution in [-0.4, -0.2) is 10.2 Å². The fraction of sp³-hybridized carbons (Fsp3) is 1.00. The van der Waals surface area contributed by atoms with E-state index in [-0.39, 0.29) is 0 Å². The van der Waals surface area contributed by atoms with Gasteiger partial charge >= 0.3 is 0 Å². The molecule has 3 atom stereocenters. The van der Waals surface area contributed by atoms with E-state index in [1.807, 2.05) is 0 Å². The first-order valence-corrected chi connectivity index (χ1v) is 7.91. The lowest BCUT2D eigenvalue weighted by atomic mass is 9.85. The Morgan fingerprint density at radius 1 is 0.857 bits per heavy atom. The van der Waals surface area contributed by atoms with Gasteiger partial charge in [-0.25, -0.2) is 0 Å². The molecule has 0 amide bonds. The molecule has 82 valence electrons. The van der Waals surface area contributed by atoms with Gasteiger partial charge in [-0.2, -0.15) is 0 Å². The van der Waals surface area contributed by atoms with Gasteiger partial charge in [0.1, 0.15) is 0 Å². The minimum absolute atomic E-state index is 1.03. The minimum Gasteiger partial charge on any atom is -0.0625 e. The standard InChI is InChI=1S/C13H26Si/c1-10-6-7-12(9-13(14)8-10)11-4-2-3-5-11/h10-13H,2-9H2,1,14H3. The molecule has 0 spiro atoms. The molecular weight excluding hydrogens is 184 g/mol. The molecule has 2 fully saturated rings. The zero-order valence-corrected chi connectivity index (χ0v) is 12.0. The molecule has 2 rings (SSSR count). The first-order chi connectivity index (χ1) is 6.75. The summed E-state index contributed by atoms with van der Waals surface area (Å²) < 4.78 is 0. The second-order valence-electron chi connectivity index (χ2n) is 6.06. The minimum atomic E-state index is 1.03. The predicted octanol–water partition coefficient (Wildman–Crippen LogP) is 3.16. The average Bonchev–Trinajstić information content (AvgIpc) is 2.59. The third kappa shape index (κ3) is 2.62. The second kappa shape index (κ2) is 4.83. The summed E-state index contributed by atoms with van der Waals surface area (Å²) in [7, 11) is 1.45. The maximum atomic E-state index is 2.47. The third-order valence-electron chi connectivity index (χ3n) is 4.61. The van der Waals surface area contributed by atoms with Gasteiger partial charge in [-0.1, -0.05) is 57.4 Å². The summed E-state index contributed by atoms with van der Waals surface area (Å²) in [6.45, 7) is 2.47. The Balaban J connectivity index is 1.90. The third-order valence-corrected chi connectivity index (χ3v) is 5.55. The van der Waals surface area contributed by atoms with Crippen molar-refractivity contribution in [3.8, 4) is 0 Å². The van der Waals surface area contributed by atoms with E-state index in [1.165, 1.54) is 29.5 Å². The summed E-state index contributed by atoms with van der Waals surface area (Å²) in [6, 6.07) is 0. The average molecular weight is 210 g/mol. The zero-order valence-electron chi connectivity index (χ0n) is 9.97. The van der Waals surface area contributed by atoms with Crippen LogP contribution in [0.3, 0.4) is 0 Å². The van der Waals surface area contributed by atoms with Gasteiger partial charge < -0.3 is 0 Å². The summed E-state index contributed by atoms with van der Waals surface area (Å²) in [4.78, 5) is 0. The van der Waals surface area contributed by atoms with Crippen LogP contribution < -0.4 is 0 Å². The Bertz CT molecular complexity index is 172. The smallest absolute Gasteiger partial charge is 0.00675 e. The Morgan fingerprint density at radius 2 is 1.57 bits per heavy atom. The molecule has 2 aliphatic rings. The highest BCUT2D eigenvalue weighted by molar-refractivity contribution is 6.11.